The van der Waals surface area contributed by atoms with Gasteiger partial charge in [-0.25, -0.2) is 9.97 Å². The van der Waals surface area contributed by atoms with Crippen LogP contribution in [0.15, 0.2) is 36.7 Å². The molecule has 1 aliphatic carbocycles. The van der Waals surface area contributed by atoms with Crippen molar-refractivity contribution in [2.24, 2.45) is 0 Å². The van der Waals surface area contributed by atoms with E-state index >= 15 is 0 Å². The van der Waals surface area contributed by atoms with Gasteiger partial charge in [-0.1, -0.05) is 17.7 Å². The second-order valence-corrected chi connectivity index (χ2v) is 8.49. The molecule has 4 heterocycles. The molecule has 0 radical (unpaired) electrons. The molecule has 3 fully saturated rings. The largest absolute Gasteiger partial charge is 0.475 e. The number of hydrogen-bond acceptors (Lipinski definition) is 5. The van der Waals surface area contributed by atoms with Crippen molar-refractivity contribution in [1.29, 1.82) is 0 Å². The number of carbonyl (C=O) groups is 1. The molecule has 0 spiro atoms. The summed E-state index contributed by atoms with van der Waals surface area (Å²) in [7, 11) is 0. The molecule has 2 aliphatic heterocycles. The molecule has 3 aliphatic rings. The van der Waals surface area contributed by atoms with Gasteiger partial charge in [-0.3, -0.25) is 9.20 Å². The monoisotopic (exact) mass is 412 g/mol. The Morgan fingerprint density at radius 2 is 2.17 bits per heavy atom. The number of rotatable bonds is 5. The van der Waals surface area contributed by atoms with E-state index < -0.39 is 0 Å². The van der Waals surface area contributed by atoms with Crippen LogP contribution in [0, 0.1) is 0 Å². The zero-order valence-electron chi connectivity index (χ0n) is 16.2. The molecular weight excluding hydrogens is 392 g/mol. The maximum Gasteiger partial charge on any atom is 0.275 e. The van der Waals surface area contributed by atoms with Crippen LogP contribution in [-0.4, -0.2) is 39.1 Å². The van der Waals surface area contributed by atoms with E-state index in [1.807, 2.05) is 17.5 Å². The molecule has 1 amide bonds. The fourth-order valence-electron chi connectivity index (χ4n) is 4.48. The van der Waals surface area contributed by atoms with Gasteiger partial charge in [0.2, 0.25) is 5.65 Å². The number of anilines is 1. The summed E-state index contributed by atoms with van der Waals surface area (Å²) < 4.78 is 13.4. The normalized spacial score (nSPS) is 25.1. The Morgan fingerprint density at radius 1 is 1.34 bits per heavy atom. The van der Waals surface area contributed by atoms with Crippen molar-refractivity contribution in [3.05, 3.63) is 53.1 Å². The number of imidazole rings is 1. The Balaban J connectivity index is 1.50. The van der Waals surface area contributed by atoms with Crippen molar-refractivity contribution < 1.29 is 14.3 Å². The topological polar surface area (TPSA) is 77.8 Å². The second kappa shape index (κ2) is 6.43. The van der Waals surface area contributed by atoms with Crippen LogP contribution in [0.25, 0.3) is 5.65 Å². The molecular formula is C21H21ClN4O3. The third-order valence-electron chi connectivity index (χ3n) is 5.67. The molecule has 8 heteroatoms. The van der Waals surface area contributed by atoms with Crippen molar-refractivity contribution in [2.45, 2.75) is 37.7 Å². The molecule has 2 bridgehead atoms. The highest BCUT2D eigenvalue weighted by Gasteiger charge is 2.61. The lowest BCUT2D eigenvalue weighted by atomic mass is 9.62. The average molecular weight is 413 g/mol. The Kier molecular flexibility index (Phi) is 4.08. The van der Waals surface area contributed by atoms with Crippen LogP contribution < -0.4 is 10.1 Å². The number of carbonyl (C=O) groups excluding carboxylic acids is 1. The summed E-state index contributed by atoms with van der Waals surface area (Å²) in [5.41, 5.74) is 2.33. The number of nitrogens with zero attached hydrogens (tertiary/aromatic N) is 3. The van der Waals surface area contributed by atoms with Gasteiger partial charge in [0.15, 0.2) is 0 Å². The molecule has 0 atom stereocenters. The zero-order valence-corrected chi connectivity index (χ0v) is 17.0. The molecule has 2 saturated heterocycles. The van der Waals surface area contributed by atoms with Crippen molar-refractivity contribution in [3.8, 4) is 5.88 Å². The number of halogens is 1. The summed E-state index contributed by atoms with van der Waals surface area (Å²) in [5.74, 6) is -0.00107. The quantitative estimate of drug-likeness (QED) is 0.688. The predicted molar refractivity (Wildman–Crippen MR) is 109 cm³/mol. The third kappa shape index (κ3) is 3.05. The summed E-state index contributed by atoms with van der Waals surface area (Å²) in [6, 6.07) is 6.98. The van der Waals surface area contributed by atoms with Gasteiger partial charge < -0.3 is 14.8 Å². The maximum absolute atomic E-state index is 12.8. The van der Waals surface area contributed by atoms with Crippen LogP contribution in [0.2, 0.25) is 5.02 Å². The number of benzene rings is 1. The zero-order chi connectivity index (χ0) is 20.2. The van der Waals surface area contributed by atoms with E-state index in [2.05, 4.69) is 17.2 Å². The number of aromatic nitrogens is 3. The third-order valence-corrected chi connectivity index (χ3v) is 5.90. The molecule has 7 nitrogen and oxygen atoms in total. The Labute approximate surface area is 173 Å². The van der Waals surface area contributed by atoms with Crippen molar-refractivity contribution >= 4 is 28.8 Å². The van der Waals surface area contributed by atoms with E-state index in [1.54, 1.807) is 30.5 Å². The highest BCUT2D eigenvalue weighted by atomic mass is 35.5. The molecule has 1 aromatic carbocycles. The smallest absolute Gasteiger partial charge is 0.275 e. The highest BCUT2D eigenvalue weighted by Crippen LogP contribution is 2.58. The molecule has 150 valence electrons. The minimum Gasteiger partial charge on any atom is -0.475 e. The standard InChI is InChI=1S/C21H21ClN4O3/c1-3-28-19-17-25-16(21-10-20(2,11-21)29-12-21)9-26(17)8-15(24-19)18(27)23-14-6-4-5-13(22)7-14/h4-9H,3,10-12H2,1-2H3,(H,23,27). The van der Waals surface area contributed by atoms with Gasteiger partial charge in [0.05, 0.1) is 24.5 Å². The first-order valence-corrected chi connectivity index (χ1v) is 10.0. The molecule has 0 unspecified atom stereocenters. The Hall–Kier alpha value is -2.64. The number of ether oxygens (including phenoxy) is 2. The van der Waals surface area contributed by atoms with Crippen LogP contribution in [0.1, 0.15) is 42.9 Å². The molecule has 1 N–H and O–H groups in total. The predicted octanol–water partition coefficient (Wildman–Crippen LogP) is 3.85. The maximum atomic E-state index is 12.8. The average Bonchev–Trinajstić information content (AvgIpc) is 3.32. The van der Waals surface area contributed by atoms with Gasteiger partial charge in [0.25, 0.3) is 11.8 Å². The van der Waals surface area contributed by atoms with E-state index in [-0.39, 0.29) is 22.6 Å². The molecule has 29 heavy (non-hydrogen) atoms. The second-order valence-electron chi connectivity index (χ2n) is 8.06. The molecule has 1 saturated carbocycles. The van der Waals surface area contributed by atoms with Crippen molar-refractivity contribution in [3.63, 3.8) is 0 Å². The minimum atomic E-state index is -0.344. The number of amides is 1. The van der Waals surface area contributed by atoms with Gasteiger partial charge in [-0.15, -0.1) is 0 Å². The molecule has 3 aromatic rings. The minimum absolute atomic E-state index is 0.0290. The van der Waals surface area contributed by atoms with E-state index in [4.69, 9.17) is 26.1 Å². The first-order valence-electron chi connectivity index (χ1n) is 9.64. The summed E-state index contributed by atoms with van der Waals surface area (Å²) in [4.78, 5) is 22.0. The first-order chi connectivity index (χ1) is 13.9. The Bertz CT molecular complexity index is 1120. The van der Waals surface area contributed by atoms with Gasteiger partial charge in [0.1, 0.15) is 5.69 Å². The highest BCUT2D eigenvalue weighted by molar-refractivity contribution is 6.30. The van der Waals surface area contributed by atoms with Gasteiger partial charge in [-0.05, 0) is 44.9 Å². The Morgan fingerprint density at radius 3 is 2.86 bits per heavy atom. The summed E-state index contributed by atoms with van der Waals surface area (Å²) in [6.07, 6.45) is 5.56. The van der Waals surface area contributed by atoms with Gasteiger partial charge in [0, 0.05) is 28.5 Å². The fraction of sp³-hybridized carbons (Fsp3) is 0.381. The van der Waals surface area contributed by atoms with Crippen LogP contribution >= 0.6 is 11.6 Å². The van der Waals surface area contributed by atoms with E-state index in [9.17, 15) is 4.79 Å². The number of fused-ring (bicyclic) bond motifs is 2. The van der Waals surface area contributed by atoms with Crippen LogP contribution in [0.3, 0.4) is 0 Å². The molecule has 2 aromatic heterocycles. The lowest BCUT2D eigenvalue weighted by molar-refractivity contribution is 0.0154. The molecule has 6 rings (SSSR count). The van der Waals surface area contributed by atoms with Crippen molar-refractivity contribution in [2.75, 3.05) is 18.5 Å². The lowest BCUT2D eigenvalue weighted by Crippen LogP contribution is -2.45. The van der Waals surface area contributed by atoms with Crippen LogP contribution in [-0.2, 0) is 10.2 Å². The van der Waals surface area contributed by atoms with Crippen LogP contribution in [0.4, 0.5) is 5.69 Å². The first kappa shape index (κ1) is 18.4. The van der Waals surface area contributed by atoms with Gasteiger partial charge in [-0.2, -0.15) is 0 Å². The number of nitrogens with one attached hydrogen (secondary N) is 1. The van der Waals surface area contributed by atoms with E-state index in [0.29, 0.717) is 35.5 Å². The summed E-state index contributed by atoms with van der Waals surface area (Å²) in [6.45, 7) is 5.12. The number of hydrogen-bond donors (Lipinski definition) is 1. The van der Waals surface area contributed by atoms with E-state index in [0.717, 1.165) is 18.5 Å². The van der Waals surface area contributed by atoms with Crippen molar-refractivity contribution in [1.82, 2.24) is 14.4 Å². The van der Waals surface area contributed by atoms with Gasteiger partial charge >= 0.3 is 0 Å². The lowest BCUT2D eigenvalue weighted by Gasteiger charge is -2.41. The van der Waals surface area contributed by atoms with E-state index in [1.165, 1.54) is 0 Å². The fourth-order valence-corrected chi connectivity index (χ4v) is 4.67. The summed E-state index contributed by atoms with van der Waals surface area (Å²) >= 11 is 6.00. The van der Waals surface area contributed by atoms with Crippen LogP contribution in [0.5, 0.6) is 5.88 Å². The SMILES string of the molecule is CCOc1nc(C(=O)Nc2cccc(Cl)c2)cn2cc(C34COC(C)(C3)C4)nc12. The summed E-state index contributed by atoms with van der Waals surface area (Å²) in [5, 5.41) is 3.37.